The van der Waals surface area contributed by atoms with Crippen LogP contribution >= 0.6 is 0 Å². The molecule has 6 rings (SSSR count). The second-order valence-electron chi connectivity index (χ2n) is 12.5. The summed E-state index contributed by atoms with van der Waals surface area (Å²) in [5.74, 6) is 0.426. The van der Waals surface area contributed by atoms with Crippen LogP contribution in [0, 0.1) is 12.7 Å². The Bertz CT molecular complexity index is 1690. The number of nitrogens with zero attached hydrogens (tertiary/aromatic N) is 4. The van der Waals surface area contributed by atoms with Gasteiger partial charge >= 0.3 is 6.09 Å². The van der Waals surface area contributed by atoms with Crippen molar-refractivity contribution in [2.24, 2.45) is 4.36 Å². The average molecular weight is 629 g/mol. The lowest BCUT2D eigenvalue weighted by Gasteiger charge is -2.31. The smallest absolute Gasteiger partial charge is 0.410 e. The van der Waals surface area contributed by atoms with Gasteiger partial charge in [-0.3, -0.25) is 0 Å². The number of ether oxygens (including phenoxy) is 4. The molecule has 13 heteroatoms. The molecule has 1 amide bonds. The van der Waals surface area contributed by atoms with E-state index in [0.29, 0.717) is 36.5 Å². The largest absolute Gasteiger partial charge is 0.485 e. The molecule has 4 heterocycles. The number of aliphatic hydroxyl groups excluding tert-OH is 1. The highest BCUT2D eigenvalue weighted by molar-refractivity contribution is 7.93. The summed E-state index contributed by atoms with van der Waals surface area (Å²) in [5, 5.41) is 10.9. The van der Waals surface area contributed by atoms with Gasteiger partial charge in [0.15, 0.2) is 6.10 Å². The van der Waals surface area contributed by atoms with E-state index in [1.54, 1.807) is 17.0 Å². The van der Waals surface area contributed by atoms with Crippen LogP contribution in [0.3, 0.4) is 0 Å². The summed E-state index contributed by atoms with van der Waals surface area (Å²) in [6, 6.07) is 8.04. The molecule has 0 spiro atoms. The number of fused-ring (bicyclic) bond motifs is 2. The molecule has 1 aromatic heterocycles. The van der Waals surface area contributed by atoms with Crippen molar-refractivity contribution >= 4 is 32.4 Å². The predicted molar refractivity (Wildman–Crippen MR) is 161 cm³/mol. The Morgan fingerprint density at radius 2 is 1.89 bits per heavy atom. The molecule has 0 bridgehead atoms. The molecule has 3 fully saturated rings. The van der Waals surface area contributed by atoms with E-state index >= 15 is 0 Å². The molecule has 3 aliphatic rings. The van der Waals surface area contributed by atoms with Crippen LogP contribution in [0.15, 0.2) is 41.0 Å². The molecule has 0 unspecified atom stereocenters. The number of hydrogen-bond donors (Lipinski definition) is 1. The van der Waals surface area contributed by atoms with E-state index in [2.05, 4.69) is 14.3 Å². The van der Waals surface area contributed by atoms with Crippen LogP contribution < -0.4 is 4.74 Å². The summed E-state index contributed by atoms with van der Waals surface area (Å²) in [6.45, 7) is 8.38. The molecular weight excluding hydrogens is 591 g/mol. The van der Waals surface area contributed by atoms with Crippen molar-refractivity contribution in [2.75, 3.05) is 37.8 Å². The van der Waals surface area contributed by atoms with E-state index in [-0.39, 0.29) is 24.7 Å². The third kappa shape index (κ3) is 6.51. The van der Waals surface area contributed by atoms with Crippen LogP contribution in [0.25, 0.3) is 10.9 Å². The Hall–Kier alpha value is -3.39. The molecule has 44 heavy (non-hydrogen) atoms. The summed E-state index contributed by atoms with van der Waals surface area (Å²) in [4.78, 5) is 23.0. The van der Waals surface area contributed by atoms with Crippen molar-refractivity contribution < 1.29 is 37.4 Å². The van der Waals surface area contributed by atoms with Crippen molar-refractivity contribution in [1.82, 2.24) is 14.9 Å². The Kier molecular flexibility index (Phi) is 8.24. The minimum atomic E-state index is -2.58. The van der Waals surface area contributed by atoms with Gasteiger partial charge in [0.05, 0.1) is 39.8 Å². The van der Waals surface area contributed by atoms with Gasteiger partial charge in [-0.05, 0) is 51.5 Å². The molecule has 0 radical (unpaired) electrons. The standard InChI is InChI=1S/C31H37FN4O7S/c1-18-11-21(35-44(39)9-7-36(8-10-44)30(38)43-31(2,3)4)14-23-27(18)22(33-17-34-23)12-19-5-6-20(32)13-25(19)42-26-16-41-28-24(37)15-40-29(26)28/h5-6,11,13-14,17,24,26,28-29,37H,7-10,12,15-16H2,1-4H3/t24-,26+,28-,29-/m1/s1. The number of carbonyl (C=O) groups excluding carboxylic acids is 1. The SMILES string of the molecule is Cc1cc(N=S2(=O)CCN(C(=O)OC(C)(C)C)CC2)cc2ncnc(Cc3ccc(F)cc3O[C@H]3CO[C@H]4[C@@H]3OC[C@H]4O)c12. The van der Waals surface area contributed by atoms with E-state index in [1.165, 1.54) is 18.5 Å². The molecule has 236 valence electrons. The lowest BCUT2D eigenvalue weighted by molar-refractivity contribution is 0.00843. The quantitative estimate of drug-likeness (QED) is 0.446. The number of aromatic nitrogens is 2. The predicted octanol–water partition coefficient (Wildman–Crippen LogP) is 3.92. The minimum absolute atomic E-state index is 0.172. The molecule has 3 aromatic rings. The van der Waals surface area contributed by atoms with Gasteiger partial charge < -0.3 is 29.0 Å². The summed E-state index contributed by atoms with van der Waals surface area (Å²) in [7, 11) is -2.58. The highest BCUT2D eigenvalue weighted by atomic mass is 32.2. The summed E-state index contributed by atoms with van der Waals surface area (Å²) in [5.41, 5.74) is 2.90. The van der Waals surface area contributed by atoms with Gasteiger partial charge in [0, 0.05) is 48.0 Å². The summed E-state index contributed by atoms with van der Waals surface area (Å²) in [6.07, 6.45) is -0.689. The lowest BCUT2D eigenvalue weighted by Crippen LogP contribution is -2.45. The number of halogens is 1. The maximum absolute atomic E-state index is 14.3. The number of aliphatic hydroxyl groups is 1. The molecule has 0 aliphatic carbocycles. The number of rotatable bonds is 5. The molecule has 4 atom stereocenters. The van der Waals surface area contributed by atoms with Crippen LogP contribution in [0.2, 0.25) is 0 Å². The molecule has 3 saturated heterocycles. The minimum Gasteiger partial charge on any atom is -0.485 e. The van der Waals surface area contributed by atoms with Gasteiger partial charge in [0.1, 0.15) is 41.8 Å². The summed E-state index contributed by atoms with van der Waals surface area (Å²) >= 11 is 0. The first-order chi connectivity index (χ1) is 20.9. The third-order valence-electron chi connectivity index (χ3n) is 7.93. The van der Waals surface area contributed by atoms with E-state index < -0.39 is 51.7 Å². The van der Waals surface area contributed by atoms with Crippen molar-refractivity contribution in [3.63, 3.8) is 0 Å². The van der Waals surface area contributed by atoms with Crippen LogP contribution in [0.4, 0.5) is 14.9 Å². The first-order valence-electron chi connectivity index (χ1n) is 14.7. The number of carbonyl (C=O) groups is 1. The van der Waals surface area contributed by atoms with Gasteiger partial charge in [0.2, 0.25) is 0 Å². The fourth-order valence-corrected chi connectivity index (χ4v) is 7.71. The van der Waals surface area contributed by atoms with E-state index in [4.69, 9.17) is 18.9 Å². The van der Waals surface area contributed by atoms with E-state index in [9.17, 15) is 18.5 Å². The monoisotopic (exact) mass is 628 g/mol. The topological polar surface area (TPSA) is 133 Å². The molecular formula is C31H37FN4O7S. The zero-order chi connectivity index (χ0) is 31.2. The number of aryl methyl sites for hydroxylation is 1. The normalized spacial score (nSPS) is 24.7. The second kappa shape index (κ2) is 11.8. The summed E-state index contributed by atoms with van der Waals surface area (Å²) < 4.78 is 55.6. The highest BCUT2D eigenvalue weighted by Gasteiger charge is 2.48. The van der Waals surface area contributed by atoms with Gasteiger partial charge in [-0.15, -0.1) is 0 Å². The zero-order valence-electron chi connectivity index (χ0n) is 25.2. The van der Waals surface area contributed by atoms with Gasteiger partial charge in [0.25, 0.3) is 0 Å². The molecule has 1 N–H and O–H groups in total. The zero-order valence-corrected chi connectivity index (χ0v) is 26.0. The van der Waals surface area contributed by atoms with Gasteiger partial charge in [-0.25, -0.2) is 23.4 Å². The fourth-order valence-electron chi connectivity index (χ4n) is 5.82. The molecule has 0 saturated carbocycles. The second-order valence-corrected chi connectivity index (χ2v) is 15.0. The lowest BCUT2D eigenvalue weighted by atomic mass is 10.0. The van der Waals surface area contributed by atoms with Gasteiger partial charge in [-0.1, -0.05) is 6.07 Å². The third-order valence-corrected chi connectivity index (χ3v) is 10.1. The maximum atomic E-state index is 14.3. The number of amides is 1. The van der Waals surface area contributed by atoms with E-state index in [0.717, 1.165) is 22.2 Å². The van der Waals surface area contributed by atoms with Crippen LogP contribution in [0.1, 0.15) is 37.6 Å². The number of hydrogen-bond acceptors (Lipinski definition) is 10. The Morgan fingerprint density at radius 1 is 1.14 bits per heavy atom. The van der Waals surface area contributed by atoms with Crippen molar-refractivity contribution in [3.05, 3.63) is 59.3 Å². The molecule has 11 nitrogen and oxygen atoms in total. The number of benzene rings is 2. The first-order valence-corrected chi connectivity index (χ1v) is 16.5. The van der Waals surface area contributed by atoms with Crippen LogP contribution in [-0.4, -0.2) is 98.1 Å². The molecule has 3 aliphatic heterocycles. The van der Waals surface area contributed by atoms with Gasteiger partial charge in [-0.2, -0.15) is 4.36 Å². The Balaban J connectivity index is 1.22. The van der Waals surface area contributed by atoms with Crippen LogP contribution in [0.5, 0.6) is 5.75 Å². The van der Waals surface area contributed by atoms with Crippen molar-refractivity contribution in [3.8, 4) is 5.75 Å². The molecule has 2 aromatic carbocycles. The first kappa shape index (κ1) is 30.6. The Labute approximate surface area is 255 Å². The Morgan fingerprint density at radius 3 is 2.64 bits per heavy atom. The van der Waals surface area contributed by atoms with E-state index in [1.807, 2.05) is 33.8 Å². The maximum Gasteiger partial charge on any atom is 0.410 e. The van der Waals surface area contributed by atoms with Crippen molar-refractivity contribution in [1.29, 1.82) is 0 Å². The van der Waals surface area contributed by atoms with Crippen molar-refractivity contribution in [2.45, 2.75) is 64.1 Å². The highest BCUT2D eigenvalue weighted by Crippen LogP contribution is 2.34. The average Bonchev–Trinajstić information content (AvgIpc) is 3.52. The fraction of sp³-hybridized carbons (Fsp3) is 0.516. The van der Waals surface area contributed by atoms with Crippen LogP contribution in [-0.2, 0) is 30.4 Å².